The van der Waals surface area contributed by atoms with E-state index in [1.54, 1.807) is 12.0 Å². The van der Waals surface area contributed by atoms with E-state index in [0.29, 0.717) is 24.7 Å². The molecule has 1 atom stereocenters. The summed E-state index contributed by atoms with van der Waals surface area (Å²) in [5.74, 6) is 1.04. The van der Waals surface area contributed by atoms with Gasteiger partial charge in [-0.15, -0.1) is 0 Å². The van der Waals surface area contributed by atoms with Crippen molar-refractivity contribution in [3.8, 4) is 11.5 Å². The first-order valence-corrected chi connectivity index (χ1v) is 8.20. The molecule has 124 valence electrons. The smallest absolute Gasteiger partial charge is 0.256 e. The highest BCUT2D eigenvalue weighted by Gasteiger charge is 2.24. The number of amides is 1. The largest absolute Gasteiger partial charge is 0.493 e. The predicted octanol–water partition coefficient (Wildman–Crippen LogP) is 4.02. The van der Waals surface area contributed by atoms with Crippen LogP contribution >= 0.6 is 23.2 Å². The minimum atomic E-state index is -1.06. The van der Waals surface area contributed by atoms with Gasteiger partial charge < -0.3 is 14.4 Å². The van der Waals surface area contributed by atoms with E-state index in [1.807, 2.05) is 39.0 Å². The van der Waals surface area contributed by atoms with Gasteiger partial charge in [-0.1, -0.05) is 36.2 Å². The number of carbonyl (C=O) groups is 1. The van der Waals surface area contributed by atoms with E-state index in [9.17, 15) is 4.79 Å². The lowest BCUT2D eigenvalue weighted by Crippen LogP contribution is -2.40. The minimum absolute atomic E-state index is 0.0464. The van der Waals surface area contributed by atoms with Crippen LogP contribution in [-0.4, -0.2) is 35.4 Å². The molecular weight excluding hydrogens is 325 g/mol. The number of rotatable bonds is 8. The lowest BCUT2D eigenvalue weighted by Gasteiger charge is -2.29. The molecule has 0 heterocycles. The van der Waals surface area contributed by atoms with Gasteiger partial charge in [0.25, 0.3) is 5.91 Å². The fourth-order valence-electron chi connectivity index (χ4n) is 2.08. The molecular formula is C16H23Cl2NO3. The van der Waals surface area contributed by atoms with Gasteiger partial charge in [-0.3, -0.25) is 4.79 Å². The number of benzene rings is 1. The minimum Gasteiger partial charge on any atom is -0.493 e. The Bertz CT molecular complexity index is 494. The Balaban J connectivity index is 3.00. The van der Waals surface area contributed by atoms with Gasteiger partial charge in [0.05, 0.1) is 13.7 Å². The van der Waals surface area contributed by atoms with Crippen molar-refractivity contribution < 1.29 is 14.3 Å². The molecule has 0 aliphatic carbocycles. The quantitative estimate of drug-likeness (QED) is 0.666. The zero-order valence-electron chi connectivity index (χ0n) is 13.4. The standard InChI is InChI=1S/C16H23Cl2NO3/c1-5-11(3)19(16(20)15(17)18)10-12-7-8-13(22-6-2)14(9-12)21-4/h7-9,11,15H,5-6,10H2,1-4H3. The average molecular weight is 348 g/mol. The summed E-state index contributed by atoms with van der Waals surface area (Å²) in [4.78, 5) is 12.8. The molecule has 0 fully saturated rings. The van der Waals surface area contributed by atoms with Crippen LogP contribution in [0.5, 0.6) is 11.5 Å². The molecule has 0 aliphatic rings. The van der Waals surface area contributed by atoms with Gasteiger partial charge in [0.15, 0.2) is 16.3 Å². The second kappa shape index (κ2) is 9.11. The summed E-state index contributed by atoms with van der Waals surface area (Å²) in [7, 11) is 1.59. The molecule has 0 saturated carbocycles. The predicted molar refractivity (Wildman–Crippen MR) is 90.0 cm³/mol. The SMILES string of the molecule is CCOc1ccc(CN(C(=O)C(Cl)Cl)C(C)CC)cc1OC. The van der Waals surface area contributed by atoms with Crippen molar-refractivity contribution in [2.24, 2.45) is 0 Å². The van der Waals surface area contributed by atoms with E-state index in [1.165, 1.54) is 0 Å². The summed E-state index contributed by atoms with van der Waals surface area (Å²) in [5, 5.41) is 0. The third-order valence-corrected chi connectivity index (χ3v) is 3.85. The Morgan fingerprint density at radius 2 is 1.95 bits per heavy atom. The highest BCUT2D eigenvalue weighted by Crippen LogP contribution is 2.29. The molecule has 1 aromatic carbocycles. The fourth-order valence-corrected chi connectivity index (χ4v) is 2.33. The lowest BCUT2D eigenvalue weighted by atomic mass is 10.1. The summed E-state index contributed by atoms with van der Waals surface area (Å²) in [6.45, 7) is 6.89. The first-order chi connectivity index (χ1) is 10.4. The van der Waals surface area contributed by atoms with E-state index in [4.69, 9.17) is 32.7 Å². The van der Waals surface area contributed by atoms with Gasteiger partial charge in [0.1, 0.15) is 0 Å². The summed E-state index contributed by atoms with van der Waals surface area (Å²) in [6.07, 6.45) is 0.820. The molecule has 4 nitrogen and oxygen atoms in total. The van der Waals surface area contributed by atoms with E-state index in [2.05, 4.69) is 0 Å². The van der Waals surface area contributed by atoms with Gasteiger partial charge >= 0.3 is 0 Å². The van der Waals surface area contributed by atoms with Gasteiger partial charge in [0.2, 0.25) is 0 Å². The number of methoxy groups -OCH3 is 1. The van der Waals surface area contributed by atoms with Crippen molar-refractivity contribution >= 4 is 29.1 Å². The molecule has 1 rings (SSSR count). The van der Waals surface area contributed by atoms with Crippen LogP contribution in [-0.2, 0) is 11.3 Å². The van der Waals surface area contributed by atoms with Crippen LogP contribution < -0.4 is 9.47 Å². The third kappa shape index (κ3) is 4.96. The molecule has 0 N–H and O–H groups in total. The van der Waals surface area contributed by atoms with Gasteiger partial charge in [-0.25, -0.2) is 0 Å². The van der Waals surface area contributed by atoms with E-state index in [0.717, 1.165) is 12.0 Å². The van der Waals surface area contributed by atoms with Gasteiger partial charge in [0, 0.05) is 12.6 Å². The topological polar surface area (TPSA) is 38.8 Å². The van der Waals surface area contributed by atoms with Crippen molar-refractivity contribution in [2.75, 3.05) is 13.7 Å². The van der Waals surface area contributed by atoms with Crippen molar-refractivity contribution in [3.05, 3.63) is 23.8 Å². The number of alkyl halides is 2. The summed E-state index contributed by atoms with van der Waals surface area (Å²) in [5.41, 5.74) is 0.933. The molecule has 22 heavy (non-hydrogen) atoms. The maximum atomic E-state index is 12.2. The highest BCUT2D eigenvalue weighted by molar-refractivity contribution is 6.53. The average Bonchev–Trinajstić information content (AvgIpc) is 2.52. The monoisotopic (exact) mass is 347 g/mol. The third-order valence-electron chi connectivity index (χ3n) is 3.47. The number of nitrogens with zero attached hydrogens (tertiary/aromatic N) is 1. The first-order valence-electron chi connectivity index (χ1n) is 7.32. The second-order valence-electron chi connectivity index (χ2n) is 4.94. The maximum Gasteiger partial charge on any atom is 0.256 e. The molecule has 0 aromatic heterocycles. The number of halogens is 2. The molecule has 0 bridgehead atoms. The van der Waals surface area contributed by atoms with Gasteiger partial charge in [-0.05, 0) is 38.0 Å². The molecule has 0 spiro atoms. The zero-order valence-corrected chi connectivity index (χ0v) is 14.9. The van der Waals surface area contributed by atoms with Crippen molar-refractivity contribution in [2.45, 2.75) is 44.6 Å². The molecule has 1 amide bonds. The Morgan fingerprint density at radius 1 is 1.27 bits per heavy atom. The van der Waals surface area contributed by atoms with Crippen LogP contribution in [0.3, 0.4) is 0 Å². The van der Waals surface area contributed by atoms with Crippen LogP contribution in [0.25, 0.3) is 0 Å². The number of hydrogen-bond acceptors (Lipinski definition) is 3. The Hall–Kier alpha value is -1.13. The maximum absolute atomic E-state index is 12.2. The number of carbonyl (C=O) groups excluding carboxylic acids is 1. The Labute approximate surface area is 142 Å². The molecule has 0 aliphatic heterocycles. The second-order valence-corrected chi connectivity index (χ2v) is 6.04. The zero-order chi connectivity index (χ0) is 16.7. The van der Waals surface area contributed by atoms with Crippen LogP contribution in [0.15, 0.2) is 18.2 Å². The fraction of sp³-hybridized carbons (Fsp3) is 0.562. The number of hydrogen-bond donors (Lipinski definition) is 0. The summed E-state index contributed by atoms with van der Waals surface area (Å²) in [6, 6.07) is 5.67. The Kier molecular flexibility index (Phi) is 7.83. The lowest BCUT2D eigenvalue weighted by molar-refractivity contribution is -0.132. The van der Waals surface area contributed by atoms with Crippen LogP contribution in [0.2, 0.25) is 0 Å². The van der Waals surface area contributed by atoms with Crippen LogP contribution in [0.4, 0.5) is 0 Å². The van der Waals surface area contributed by atoms with Gasteiger partial charge in [-0.2, -0.15) is 0 Å². The van der Waals surface area contributed by atoms with Crippen LogP contribution in [0.1, 0.15) is 32.8 Å². The van der Waals surface area contributed by atoms with Crippen molar-refractivity contribution in [1.82, 2.24) is 4.90 Å². The van der Waals surface area contributed by atoms with E-state index in [-0.39, 0.29) is 11.9 Å². The van der Waals surface area contributed by atoms with Crippen LogP contribution in [0, 0.1) is 0 Å². The number of ether oxygens (including phenoxy) is 2. The van der Waals surface area contributed by atoms with Crippen molar-refractivity contribution in [3.63, 3.8) is 0 Å². The highest BCUT2D eigenvalue weighted by atomic mass is 35.5. The Morgan fingerprint density at radius 3 is 2.45 bits per heavy atom. The van der Waals surface area contributed by atoms with E-state index >= 15 is 0 Å². The molecule has 1 unspecified atom stereocenters. The molecule has 0 saturated heterocycles. The summed E-state index contributed by atoms with van der Waals surface area (Å²) < 4.78 is 10.8. The molecule has 1 aromatic rings. The van der Waals surface area contributed by atoms with Crippen molar-refractivity contribution in [1.29, 1.82) is 0 Å². The first kappa shape index (κ1) is 18.9. The van der Waals surface area contributed by atoms with E-state index < -0.39 is 4.84 Å². The summed E-state index contributed by atoms with van der Waals surface area (Å²) >= 11 is 11.5. The normalized spacial score (nSPS) is 12.1. The molecule has 0 radical (unpaired) electrons. The molecule has 6 heteroatoms.